The van der Waals surface area contributed by atoms with Gasteiger partial charge in [-0.2, -0.15) is 0 Å². The number of rotatable bonds is 8. The maximum Gasteiger partial charge on any atom is 0.306 e. The topological polar surface area (TPSA) is 97.2 Å². The SMILES string of the molecule is COC(C)(c1ccc(-c2cc(C)cc(Nc3cc(C(F)F)ccn3)n2)cn1)[C@H]1CC[C@H](C(=O)O)CC1. The fourth-order valence-electron chi connectivity index (χ4n) is 4.87. The van der Waals surface area contributed by atoms with E-state index in [0.717, 1.165) is 29.7 Å². The molecular weight excluding hydrogens is 466 g/mol. The summed E-state index contributed by atoms with van der Waals surface area (Å²) in [4.78, 5) is 24.8. The van der Waals surface area contributed by atoms with E-state index >= 15 is 0 Å². The third-order valence-corrected chi connectivity index (χ3v) is 7.11. The van der Waals surface area contributed by atoms with Crippen LogP contribution >= 0.6 is 0 Å². The van der Waals surface area contributed by atoms with Gasteiger partial charge in [0.1, 0.15) is 17.2 Å². The molecule has 1 fully saturated rings. The lowest BCUT2D eigenvalue weighted by Crippen LogP contribution is -2.38. The molecule has 0 aliphatic heterocycles. The van der Waals surface area contributed by atoms with E-state index in [1.165, 1.54) is 18.3 Å². The van der Waals surface area contributed by atoms with Crippen molar-refractivity contribution >= 4 is 17.6 Å². The molecule has 0 saturated heterocycles. The van der Waals surface area contributed by atoms with Crippen LogP contribution in [0.15, 0.2) is 48.8 Å². The van der Waals surface area contributed by atoms with E-state index in [-0.39, 0.29) is 17.4 Å². The van der Waals surface area contributed by atoms with E-state index in [1.807, 2.05) is 38.1 Å². The monoisotopic (exact) mass is 496 g/mol. The Morgan fingerprint density at radius 3 is 2.47 bits per heavy atom. The van der Waals surface area contributed by atoms with Crippen LogP contribution in [0.4, 0.5) is 20.4 Å². The molecule has 2 N–H and O–H groups in total. The van der Waals surface area contributed by atoms with Gasteiger partial charge in [-0.15, -0.1) is 0 Å². The highest BCUT2D eigenvalue weighted by Crippen LogP contribution is 2.42. The average molecular weight is 497 g/mol. The number of nitrogens with zero attached hydrogens (tertiary/aromatic N) is 3. The zero-order valence-electron chi connectivity index (χ0n) is 20.5. The van der Waals surface area contributed by atoms with Crippen LogP contribution in [0.5, 0.6) is 0 Å². The Bertz CT molecular complexity index is 1210. The molecule has 36 heavy (non-hydrogen) atoms. The lowest BCUT2D eigenvalue weighted by atomic mass is 9.72. The Labute approximate surface area is 209 Å². The molecule has 1 aliphatic carbocycles. The largest absolute Gasteiger partial charge is 0.481 e. The van der Waals surface area contributed by atoms with E-state index in [9.17, 15) is 18.7 Å². The van der Waals surface area contributed by atoms with E-state index in [1.54, 1.807) is 13.3 Å². The average Bonchev–Trinajstić information content (AvgIpc) is 2.88. The Balaban J connectivity index is 1.54. The van der Waals surface area contributed by atoms with Crippen molar-refractivity contribution in [1.82, 2.24) is 15.0 Å². The molecule has 3 heterocycles. The maximum absolute atomic E-state index is 13.0. The zero-order chi connectivity index (χ0) is 25.9. The number of anilines is 2. The number of aromatic nitrogens is 3. The van der Waals surface area contributed by atoms with Crippen molar-refractivity contribution in [3.8, 4) is 11.3 Å². The highest BCUT2D eigenvalue weighted by Gasteiger charge is 2.40. The lowest BCUT2D eigenvalue weighted by Gasteiger charge is -2.39. The van der Waals surface area contributed by atoms with E-state index in [4.69, 9.17) is 9.72 Å². The first-order chi connectivity index (χ1) is 17.2. The standard InChI is InChI=1S/C27H30F2N4O3/c1-16-12-21(32-24(13-16)33-23-14-18(25(28)29)10-11-30-23)19-6-9-22(31-15-19)27(2,36-3)20-7-4-17(5-8-20)26(34)35/h6,9-15,17,20,25H,4-5,7-8H2,1-3H3,(H,34,35)(H,30,32,33)/t17-,20-,27?. The molecule has 190 valence electrons. The first kappa shape index (κ1) is 25.6. The number of carboxylic acids is 1. The summed E-state index contributed by atoms with van der Waals surface area (Å²) < 4.78 is 32.0. The van der Waals surface area contributed by atoms with Crippen molar-refractivity contribution in [1.29, 1.82) is 0 Å². The fraction of sp³-hybridized carbons (Fsp3) is 0.407. The van der Waals surface area contributed by atoms with Gasteiger partial charge >= 0.3 is 5.97 Å². The van der Waals surface area contributed by atoms with Crippen molar-refractivity contribution in [2.45, 2.75) is 51.6 Å². The third kappa shape index (κ3) is 5.51. The number of carboxylic acid groups (broad SMARTS) is 1. The smallest absolute Gasteiger partial charge is 0.306 e. The van der Waals surface area contributed by atoms with Crippen LogP contribution in [0.25, 0.3) is 11.3 Å². The molecular formula is C27H30F2N4O3. The number of halogens is 2. The normalized spacial score (nSPS) is 19.6. The second-order valence-electron chi connectivity index (χ2n) is 9.45. The molecule has 9 heteroatoms. The maximum atomic E-state index is 13.0. The van der Waals surface area contributed by atoms with E-state index in [2.05, 4.69) is 15.3 Å². The van der Waals surface area contributed by atoms with Crippen LogP contribution in [-0.4, -0.2) is 33.1 Å². The van der Waals surface area contributed by atoms with Crippen molar-refractivity contribution in [2.75, 3.05) is 12.4 Å². The van der Waals surface area contributed by atoms with E-state index in [0.29, 0.717) is 30.2 Å². The highest BCUT2D eigenvalue weighted by molar-refractivity contribution is 5.70. The van der Waals surface area contributed by atoms with Gasteiger partial charge in [0.15, 0.2) is 0 Å². The van der Waals surface area contributed by atoms with Crippen molar-refractivity contribution in [3.05, 3.63) is 65.6 Å². The molecule has 4 rings (SSSR count). The van der Waals surface area contributed by atoms with Gasteiger partial charge in [-0.1, -0.05) is 0 Å². The van der Waals surface area contributed by atoms with Gasteiger partial charge < -0.3 is 15.2 Å². The number of ether oxygens (including phenoxy) is 1. The number of nitrogens with one attached hydrogen (secondary N) is 1. The minimum Gasteiger partial charge on any atom is -0.481 e. The second kappa shape index (κ2) is 10.7. The van der Waals surface area contributed by atoms with E-state index < -0.39 is 18.0 Å². The molecule has 7 nitrogen and oxygen atoms in total. The fourth-order valence-corrected chi connectivity index (χ4v) is 4.87. The predicted molar refractivity (Wildman–Crippen MR) is 132 cm³/mol. The second-order valence-corrected chi connectivity index (χ2v) is 9.45. The molecule has 0 spiro atoms. The Morgan fingerprint density at radius 2 is 1.86 bits per heavy atom. The van der Waals surface area contributed by atoms with Crippen LogP contribution < -0.4 is 5.32 Å². The molecule has 3 aromatic rings. The summed E-state index contributed by atoms with van der Waals surface area (Å²) in [5.74, 6) is -0.0717. The number of pyridine rings is 3. The molecule has 0 bridgehead atoms. The van der Waals surface area contributed by atoms with Crippen molar-refractivity contribution in [3.63, 3.8) is 0 Å². The zero-order valence-corrected chi connectivity index (χ0v) is 20.5. The van der Waals surface area contributed by atoms with Crippen LogP contribution in [0, 0.1) is 18.8 Å². The third-order valence-electron chi connectivity index (χ3n) is 7.11. The predicted octanol–water partition coefficient (Wildman–Crippen LogP) is 6.28. The summed E-state index contributed by atoms with van der Waals surface area (Å²) in [6.45, 7) is 3.94. The lowest BCUT2D eigenvalue weighted by molar-refractivity contribution is -0.144. The molecule has 3 aromatic heterocycles. The van der Waals surface area contributed by atoms with Crippen LogP contribution in [-0.2, 0) is 15.1 Å². The van der Waals surface area contributed by atoms with Crippen LogP contribution in [0.3, 0.4) is 0 Å². The van der Waals surface area contributed by atoms with Gasteiger partial charge in [-0.3, -0.25) is 9.78 Å². The number of hydrogen-bond donors (Lipinski definition) is 2. The van der Waals surface area contributed by atoms with Crippen molar-refractivity contribution < 1.29 is 23.4 Å². The molecule has 1 atom stereocenters. The molecule has 0 amide bonds. The van der Waals surface area contributed by atoms with Gasteiger partial charge in [0.05, 0.1) is 17.3 Å². The summed E-state index contributed by atoms with van der Waals surface area (Å²) in [6.07, 6.45) is 3.30. The number of aryl methyl sites for hydroxylation is 1. The number of methoxy groups -OCH3 is 1. The van der Waals surface area contributed by atoms with Gasteiger partial charge in [0, 0.05) is 30.6 Å². The summed E-state index contributed by atoms with van der Waals surface area (Å²) in [5, 5.41) is 12.3. The van der Waals surface area contributed by atoms with Crippen LogP contribution in [0.2, 0.25) is 0 Å². The minimum atomic E-state index is -2.58. The Hall–Kier alpha value is -3.46. The van der Waals surface area contributed by atoms with Gasteiger partial charge in [-0.05, 0) is 87.4 Å². The summed E-state index contributed by atoms with van der Waals surface area (Å²) >= 11 is 0. The Kier molecular flexibility index (Phi) is 7.59. The highest BCUT2D eigenvalue weighted by atomic mass is 19.3. The summed E-state index contributed by atoms with van der Waals surface area (Å²) in [6, 6.07) is 10.2. The van der Waals surface area contributed by atoms with Gasteiger partial charge in [0.2, 0.25) is 0 Å². The molecule has 1 aliphatic rings. The number of carbonyl (C=O) groups is 1. The Morgan fingerprint density at radius 1 is 1.11 bits per heavy atom. The first-order valence-corrected chi connectivity index (χ1v) is 11.9. The quantitative estimate of drug-likeness (QED) is 0.379. The van der Waals surface area contributed by atoms with Gasteiger partial charge in [0.25, 0.3) is 6.43 Å². The summed E-state index contributed by atoms with van der Waals surface area (Å²) in [5.41, 5.74) is 2.46. The number of aliphatic carboxylic acids is 1. The molecule has 1 unspecified atom stereocenters. The van der Waals surface area contributed by atoms with Crippen molar-refractivity contribution in [2.24, 2.45) is 11.8 Å². The molecule has 0 aromatic carbocycles. The first-order valence-electron chi connectivity index (χ1n) is 11.9. The molecule has 0 radical (unpaired) electrons. The molecule has 1 saturated carbocycles. The number of hydrogen-bond acceptors (Lipinski definition) is 6. The van der Waals surface area contributed by atoms with Gasteiger partial charge in [-0.25, -0.2) is 18.7 Å². The van der Waals surface area contributed by atoms with Crippen LogP contribution in [0.1, 0.15) is 55.9 Å². The minimum absolute atomic E-state index is 0.113. The number of alkyl halides is 2. The summed E-state index contributed by atoms with van der Waals surface area (Å²) in [7, 11) is 1.66.